The van der Waals surface area contributed by atoms with Crippen LogP contribution in [0.3, 0.4) is 0 Å². The lowest BCUT2D eigenvalue weighted by Gasteiger charge is -2.27. The highest BCUT2D eigenvalue weighted by Crippen LogP contribution is 2.46. The molecule has 1 aliphatic heterocycles. The van der Waals surface area contributed by atoms with Crippen molar-refractivity contribution in [1.82, 2.24) is 4.90 Å². The number of hydrogen-bond acceptors (Lipinski definition) is 6. The lowest BCUT2D eigenvalue weighted by Crippen LogP contribution is -2.30. The molecule has 0 bridgehead atoms. The Morgan fingerprint density at radius 2 is 1.84 bits per heavy atom. The van der Waals surface area contributed by atoms with Gasteiger partial charge in [0, 0.05) is 17.7 Å². The molecule has 7 nitrogen and oxygen atoms in total. The van der Waals surface area contributed by atoms with Crippen LogP contribution in [0.15, 0.2) is 42.0 Å². The normalized spacial score (nSPS) is 17.5. The lowest BCUT2D eigenvalue weighted by atomic mass is 9.94. The standard InChI is InChI=1S/C24H26ClNO6/c1-5-6-12-26-20(15-8-7-9-18(31-3)23(15)32-4)19(22(28)24(26)29)21(27)16-13-14(30-2)10-11-17(16)25/h7-11,13,20,27H,5-6,12H2,1-4H3/b21-19+. The van der Waals surface area contributed by atoms with Crippen LogP contribution >= 0.6 is 11.6 Å². The van der Waals surface area contributed by atoms with E-state index in [0.717, 1.165) is 6.42 Å². The van der Waals surface area contributed by atoms with Crippen molar-refractivity contribution in [2.24, 2.45) is 0 Å². The van der Waals surface area contributed by atoms with Crippen molar-refractivity contribution < 1.29 is 28.9 Å². The number of ether oxygens (including phenoxy) is 3. The first-order valence-electron chi connectivity index (χ1n) is 10.2. The maximum atomic E-state index is 13.1. The van der Waals surface area contributed by atoms with Crippen LogP contribution in [0.1, 0.15) is 36.9 Å². The summed E-state index contributed by atoms with van der Waals surface area (Å²) in [7, 11) is 4.47. The summed E-state index contributed by atoms with van der Waals surface area (Å²) in [6.07, 6.45) is 1.52. The number of aliphatic hydroxyl groups excluding tert-OH is 1. The molecule has 0 spiro atoms. The number of likely N-dealkylation sites (tertiary alicyclic amines) is 1. The quantitative estimate of drug-likeness (QED) is 0.353. The van der Waals surface area contributed by atoms with Gasteiger partial charge in [-0.05, 0) is 30.7 Å². The Morgan fingerprint density at radius 3 is 2.47 bits per heavy atom. The molecule has 0 saturated carbocycles. The molecule has 1 heterocycles. The zero-order chi connectivity index (χ0) is 23.4. The third-order valence-corrected chi connectivity index (χ3v) is 5.78. The van der Waals surface area contributed by atoms with Gasteiger partial charge >= 0.3 is 0 Å². The van der Waals surface area contributed by atoms with E-state index in [4.69, 9.17) is 25.8 Å². The van der Waals surface area contributed by atoms with Gasteiger partial charge in [-0.3, -0.25) is 9.59 Å². The zero-order valence-electron chi connectivity index (χ0n) is 18.5. The fourth-order valence-electron chi connectivity index (χ4n) is 3.85. The first-order valence-corrected chi connectivity index (χ1v) is 10.6. The Hall–Kier alpha value is -3.19. The number of aliphatic hydroxyl groups is 1. The molecule has 1 atom stereocenters. The monoisotopic (exact) mass is 459 g/mol. The number of halogens is 1. The average molecular weight is 460 g/mol. The Morgan fingerprint density at radius 1 is 1.09 bits per heavy atom. The Labute approximate surface area is 192 Å². The molecule has 1 fully saturated rings. The van der Waals surface area contributed by atoms with E-state index in [1.165, 1.54) is 32.3 Å². The minimum atomic E-state index is -0.867. The number of benzene rings is 2. The van der Waals surface area contributed by atoms with E-state index >= 15 is 0 Å². The second-order valence-corrected chi connectivity index (χ2v) is 7.68. The molecule has 3 rings (SSSR count). The van der Waals surface area contributed by atoms with Crippen LogP contribution < -0.4 is 14.2 Å². The van der Waals surface area contributed by atoms with Gasteiger partial charge in [-0.2, -0.15) is 0 Å². The highest BCUT2D eigenvalue weighted by Gasteiger charge is 2.47. The van der Waals surface area contributed by atoms with Crippen LogP contribution in [0.4, 0.5) is 0 Å². The maximum Gasteiger partial charge on any atom is 0.295 e. The number of hydrogen-bond donors (Lipinski definition) is 1. The number of ketones is 1. The van der Waals surface area contributed by atoms with Crippen molar-refractivity contribution in [2.75, 3.05) is 27.9 Å². The van der Waals surface area contributed by atoms with Crippen LogP contribution in [0.5, 0.6) is 17.2 Å². The van der Waals surface area contributed by atoms with Gasteiger partial charge in [-0.1, -0.05) is 37.1 Å². The van der Waals surface area contributed by atoms with Crippen molar-refractivity contribution in [3.63, 3.8) is 0 Å². The molecule has 1 N–H and O–H groups in total. The number of amides is 1. The summed E-state index contributed by atoms with van der Waals surface area (Å²) < 4.78 is 16.2. The summed E-state index contributed by atoms with van der Waals surface area (Å²) >= 11 is 6.33. The fourth-order valence-corrected chi connectivity index (χ4v) is 4.05. The van der Waals surface area contributed by atoms with E-state index in [9.17, 15) is 14.7 Å². The van der Waals surface area contributed by atoms with Crippen LogP contribution in [0.2, 0.25) is 5.02 Å². The van der Waals surface area contributed by atoms with Crippen molar-refractivity contribution in [3.05, 3.63) is 58.1 Å². The van der Waals surface area contributed by atoms with Gasteiger partial charge in [-0.25, -0.2) is 0 Å². The smallest absolute Gasteiger partial charge is 0.295 e. The van der Waals surface area contributed by atoms with Gasteiger partial charge < -0.3 is 24.2 Å². The molecule has 2 aromatic carbocycles. The molecular weight excluding hydrogens is 434 g/mol. The fraction of sp³-hybridized carbons (Fsp3) is 0.333. The maximum absolute atomic E-state index is 13.1. The summed E-state index contributed by atoms with van der Waals surface area (Å²) in [5.74, 6) is -0.564. The Kier molecular flexibility index (Phi) is 7.30. The minimum Gasteiger partial charge on any atom is -0.507 e. The van der Waals surface area contributed by atoms with Crippen LogP contribution in [-0.2, 0) is 9.59 Å². The van der Waals surface area contributed by atoms with E-state index in [2.05, 4.69) is 0 Å². The minimum absolute atomic E-state index is 0.0622. The molecule has 32 heavy (non-hydrogen) atoms. The van der Waals surface area contributed by atoms with Gasteiger partial charge in [0.05, 0.1) is 38.0 Å². The van der Waals surface area contributed by atoms with E-state index in [1.54, 1.807) is 30.3 Å². The number of Topliss-reactive ketones (excluding diaryl/α,β-unsaturated/α-hetero) is 1. The molecule has 0 aromatic heterocycles. The SMILES string of the molecule is CCCCN1C(=O)C(=O)/C(=C(/O)c2cc(OC)ccc2Cl)C1c1cccc(OC)c1OC. The second kappa shape index (κ2) is 9.96. The summed E-state index contributed by atoms with van der Waals surface area (Å²) in [6.45, 7) is 2.34. The third-order valence-electron chi connectivity index (χ3n) is 5.45. The Balaban J connectivity index is 2.30. The number of unbranched alkanes of at least 4 members (excludes halogenated alkanes) is 1. The van der Waals surface area contributed by atoms with Gasteiger partial charge in [0.25, 0.3) is 11.7 Å². The molecular formula is C24H26ClNO6. The largest absolute Gasteiger partial charge is 0.507 e. The number of nitrogens with zero attached hydrogens (tertiary/aromatic N) is 1. The number of carbonyl (C=O) groups is 2. The van der Waals surface area contributed by atoms with Gasteiger partial charge in [-0.15, -0.1) is 0 Å². The molecule has 170 valence electrons. The molecule has 0 aliphatic carbocycles. The van der Waals surface area contributed by atoms with Crippen molar-refractivity contribution in [1.29, 1.82) is 0 Å². The van der Waals surface area contributed by atoms with E-state index < -0.39 is 17.7 Å². The number of para-hydroxylation sites is 1. The van der Waals surface area contributed by atoms with Crippen molar-refractivity contribution >= 4 is 29.1 Å². The van der Waals surface area contributed by atoms with Crippen molar-refractivity contribution in [3.8, 4) is 17.2 Å². The second-order valence-electron chi connectivity index (χ2n) is 7.27. The topological polar surface area (TPSA) is 85.3 Å². The van der Waals surface area contributed by atoms with Gasteiger partial charge in [0.1, 0.15) is 11.5 Å². The predicted molar refractivity (Wildman–Crippen MR) is 121 cm³/mol. The molecule has 1 aliphatic rings. The van der Waals surface area contributed by atoms with Crippen LogP contribution in [0.25, 0.3) is 5.76 Å². The summed E-state index contributed by atoms with van der Waals surface area (Å²) in [4.78, 5) is 27.6. The summed E-state index contributed by atoms with van der Waals surface area (Å²) in [5.41, 5.74) is 0.668. The summed E-state index contributed by atoms with van der Waals surface area (Å²) in [6, 6.07) is 9.07. The molecule has 1 saturated heterocycles. The highest BCUT2D eigenvalue weighted by atomic mass is 35.5. The Bertz CT molecular complexity index is 1060. The average Bonchev–Trinajstić information content (AvgIpc) is 3.06. The number of methoxy groups -OCH3 is 3. The number of rotatable bonds is 8. The predicted octanol–water partition coefficient (Wildman–Crippen LogP) is 4.59. The summed E-state index contributed by atoms with van der Waals surface area (Å²) in [5, 5.41) is 11.5. The first-order chi connectivity index (χ1) is 15.4. The molecule has 0 radical (unpaired) electrons. The van der Waals surface area contributed by atoms with E-state index in [-0.39, 0.29) is 21.9 Å². The van der Waals surface area contributed by atoms with Gasteiger partial charge in [0.2, 0.25) is 0 Å². The molecule has 1 unspecified atom stereocenters. The molecule has 2 aromatic rings. The first kappa shape index (κ1) is 23.5. The van der Waals surface area contributed by atoms with E-state index in [1.807, 2.05) is 6.92 Å². The highest BCUT2D eigenvalue weighted by molar-refractivity contribution is 6.47. The number of carbonyl (C=O) groups excluding carboxylic acids is 2. The van der Waals surface area contributed by atoms with Crippen molar-refractivity contribution in [2.45, 2.75) is 25.8 Å². The molecule has 8 heteroatoms. The molecule has 1 amide bonds. The lowest BCUT2D eigenvalue weighted by molar-refractivity contribution is -0.139. The zero-order valence-corrected chi connectivity index (χ0v) is 19.2. The third kappa shape index (κ3) is 4.12. The van der Waals surface area contributed by atoms with Crippen LogP contribution in [0, 0.1) is 0 Å². The van der Waals surface area contributed by atoms with Crippen LogP contribution in [-0.4, -0.2) is 49.6 Å². The van der Waals surface area contributed by atoms with E-state index in [0.29, 0.717) is 35.8 Å². The van der Waals surface area contributed by atoms with Gasteiger partial charge in [0.15, 0.2) is 11.5 Å².